The van der Waals surface area contributed by atoms with Crippen LogP contribution >= 0.6 is 106 Å². The minimum absolute atomic E-state index is 0.115. The number of nitrogen functional groups attached to an aromatic ring is 1. The molecule has 35 heteroatoms. The molecule has 125 heavy (non-hydrogen) atoms. The number of rotatable bonds is 15. The zero-order chi connectivity index (χ0) is 89.8. The summed E-state index contributed by atoms with van der Waals surface area (Å²) in [6.45, 7) is 23.0. The molecule has 13 aromatic rings. The van der Waals surface area contributed by atoms with Gasteiger partial charge in [-0.15, -0.1) is 32.0 Å². The van der Waals surface area contributed by atoms with Gasteiger partial charge in [0, 0.05) is 130 Å². The maximum Gasteiger partial charge on any atom is 0.256 e. The van der Waals surface area contributed by atoms with Crippen molar-refractivity contribution in [2.24, 2.45) is 28.2 Å². The van der Waals surface area contributed by atoms with Crippen LogP contribution in [0.15, 0.2) is 121 Å². The van der Waals surface area contributed by atoms with Gasteiger partial charge in [-0.05, 0) is 187 Å². The van der Waals surface area contributed by atoms with Crippen molar-refractivity contribution in [3.05, 3.63) is 276 Å². The molecule has 0 unspecified atom stereocenters. The molecule has 0 atom stereocenters. The maximum atomic E-state index is 13.9. The highest BCUT2D eigenvalue weighted by atomic mass is 79.9. The van der Waals surface area contributed by atoms with E-state index >= 15 is 0 Å². The number of aromatic nitrogens is 15. The van der Waals surface area contributed by atoms with E-state index in [4.69, 9.17) is 73.2 Å². The molecule has 11 heterocycles. The molecule has 0 fully saturated rings. The number of fused-ring (bicyclic) bond motifs is 4. The van der Waals surface area contributed by atoms with Gasteiger partial charge in [0.2, 0.25) is 11.8 Å². The van der Waals surface area contributed by atoms with E-state index in [0.717, 1.165) is 155 Å². The minimum Gasteiger partial charge on any atom is -0.473 e. The number of alkyl halides is 1. The first kappa shape index (κ1) is 92.0. The van der Waals surface area contributed by atoms with Crippen molar-refractivity contribution >= 4 is 135 Å². The highest BCUT2D eigenvalue weighted by molar-refractivity contribution is 9.11. The lowest BCUT2D eigenvalue weighted by Crippen LogP contribution is -2.39. The number of nitrogens with zero attached hydrogens (tertiary/aromatic N) is 16. The molecule has 0 saturated heterocycles. The van der Waals surface area contributed by atoms with Gasteiger partial charge in [-0.1, -0.05) is 176 Å². The Morgan fingerprint density at radius 1 is 0.432 bits per heavy atom. The summed E-state index contributed by atoms with van der Waals surface area (Å²) in [6, 6.07) is 33.6. The van der Waals surface area contributed by atoms with Crippen LogP contribution in [-0.2, 0) is 86.1 Å². The van der Waals surface area contributed by atoms with E-state index in [1.54, 1.807) is 50.8 Å². The molecule has 648 valence electrons. The van der Waals surface area contributed by atoms with Gasteiger partial charge < -0.3 is 40.6 Å². The Hall–Kier alpha value is -10.7. The number of hydrogen-bond donors (Lipinski definition) is 4. The van der Waals surface area contributed by atoms with Gasteiger partial charge in [-0.25, -0.2) is 28.7 Å². The summed E-state index contributed by atoms with van der Waals surface area (Å²) in [7, 11) is 7.19. The van der Waals surface area contributed by atoms with Gasteiger partial charge in [0.25, 0.3) is 29.2 Å². The number of pyridine rings is 3. The Morgan fingerprint density at radius 2 is 0.776 bits per heavy atom. The number of aryl methyl sites for hydroxylation is 14. The molecule has 0 saturated carbocycles. The van der Waals surface area contributed by atoms with Gasteiger partial charge in [0.05, 0.1) is 107 Å². The first-order valence-electron chi connectivity index (χ1n) is 39.9. The Bertz CT molecular complexity index is 6250. The van der Waals surface area contributed by atoms with E-state index in [9.17, 15) is 24.0 Å². The fourth-order valence-electron chi connectivity index (χ4n) is 15.9. The molecule has 4 aliphatic heterocycles. The summed E-state index contributed by atoms with van der Waals surface area (Å²) in [4.78, 5) is 79.3. The molecule has 7 aromatic heterocycles. The van der Waals surface area contributed by atoms with E-state index in [-0.39, 0.29) is 35.7 Å². The Kier molecular flexibility index (Phi) is 29.0. The normalized spacial score (nSPS) is 13.2. The van der Waals surface area contributed by atoms with Crippen molar-refractivity contribution in [2.75, 3.05) is 31.9 Å². The van der Waals surface area contributed by atoms with E-state index in [1.165, 1.54) is 0 Å². The first-order chi connectivity index (χ1) is 59.6. The fourth-order valence-corrected chi connectivity index (χ4v) is 19.5. The number of halogens is 8. The highest BCUT2D eigenvalue weighted by Crippen LogP contribution is 2.45. The SMILES string of the molecule is Cc1cc(C)c(CCl)c(OCc2ccccc2)n1.Cc1cc(C)c(CN2CCc3c(Br)cc(-c4c(C)nnn4C)c(Cl)c3C2=O)c(=O)[nH]1.Cc1cc(C)c(CN2CCc3c(Br)cc(-c4c(C)nnn4C)c(Cl)c3C2=O)c(OCc2ccccc2)n1.Cc1nnn(C)c1-c1cc(Br)c2c(c1Cl)C(=O)NCC2.Cc1nnn(C)c1-c1cc(N)c2c(c1Cl)C(=O)NCC2. The average molecular weight is 1980 g/mol. The summed E-state index contributed by atoms with van der Waals surface area (Å²) < 4.78 is 21.1. The average Bonchev–Trinajstić information content (AvgIpc) is 1.45. The van der Waals surface area contributed by atoms with Crippen LogP contribution in [0.25, 0.3) is 45.0 Å². The largest absolute Gasteiger partial charge is 0.473 e. The fraction of sp³-hybridized carbons (Fsp3) is 0.300. The molecule has 0 aliphatic carbocycles. The van der Waals surface area contributed by atoms with Crippen LogP contribution in [-0.4, -0.2) is 135 Å². The Balaban J connectivity index is 0.000000138. The van der Waals surface area contributed by atoms with E-state index in [0.29, 0.717) is 148 Å². The lowest BCUT2D eigenvalue weighted by Gasteiger charge is -2.31. The van der Waals surface area contributed by atoms with Gasteiger partial charge in [0.15, 0.2) is 0 Å². The molecule has 4 amide bonds. The molecular weight excluding hydrogens is 1890 g/mol. The standard InChI is InChI=1S/C28H27BrClN5O2.C21H21BrClN5O2.C15H16ClNO.C13H12BrClN4O.C13H14ClN5O/c1-16-12-17(2)31-27(37-15-19-8-6-5-7-9-19)22(16)14-35-11-10-20-23(29)13-21(25(30)24(20)28(35)36)26-18(3)32-33-34(26)4;1-10-7-11(2)24-20(29)15(10)9-28-6-5-13-16(22)8-14(18(23)17(13)21(28)30)19-12(3)25-26-27(19)4;1-11-8-12(2)17-15(14(11)9-16)18-10-13-6-4-3-5-7-13;1-6-12(19(2)18-17-6)8-5-9(14)7-3-4-16-13(20)10(7)11(8)15;1-6-12(19(2)18-17-6)8-5-9(15)7-3-4-16-13(20)10(7)11(8)14/h5-9,12-13H,10-11,14-15H2,1-4H3;7-8H,5-6,9H2,1-4H3,(H,24,29);3-8H,9-10H2,1-2H3;5H,3-4H2,1-2H3,(H,16,20);5H,3-4,15H2,1-2H3,(H,16,20). The third-order valence-electron chi connectivity index (χ3n) is 22.0. The molecule has 0 radical (unpaired) electrons. The summed E-state index contributed by atoms with van der Waals surface area (Å²) >= 11 is 43.4. The molecule has 17 rings (SSSR count). The van der Waals surface area contributed by atoms with Gasteiger partial charge >= 0.3 is 0 Å². The van der Waals surface area contributed by atoms with Crippen molar-refractivity contribution in [1.82, 2.24) is 95.4 Å². The first-order valence-corrected chi connectivity index (χ1v) is 44.3. The zero-order valence-electron chi connectivity index (χ0n) is 71.1. The summed E-state index contributed by atoms with van der Waals surface area (Å²) in [5.41, 5.74) is 31.4. The van der Waals surface area contributed by atoms with Crippen molar-refractivity contribution in [3.8, 4) is 56.8 Å². The molecular formula is C90H90Br3Cl5N20O7. The van der Waals surface area contributed by atoms with E-state index in [1.807, 2.05) is 178 Å². The number of carbonyl (C=O) groups excluding carboxylic acids is 4. The van der Waals surface area contributed by atoms with Crippen LogP contribution < -0.4 is 31.4 Å². The number of hydrogen-bond acceptors (Lipinski definition) is 18. The number of amides is 4. The maximum absolute atomic E-state index is 13.9. The number of aromatic amines is 1. The van der Waals surface area contributed by atoms with Crippen LogP contribution in [0.2, 0.25) is 20.1 Å². The number of nitrogens with one attached hydrogen (secondary N) is 3. The van der Waals surface area contributed by atoms with Crippen molar-refractivity contribution in [2.45, 2.75) is 127 Å². The second kappa shape index (κ2) is 39.5. The predicted molar refractivity (Wildman–Crippen MR) is 496 cm³/mol. The number of carbonyl (C=O) groups is 4. The molecule has 6 aromatic carbocycles. The third kappa shape index (κ3) is 19.6. The summed E-state index contributed by atoms with van der Waals surface area (Å²) in [6.07, 6.45) is 2.79. The summed E-state index contributed by atoms with van der Waals surface area (Å²) in [5, 5.41) is 39.7. The zero-order valence-corrected chi connectivity index (χ0v) is 79.7. The topological polar surface area (TPSA) is 325 Å². The van der Waals surface area contributed by atoms with Crippen LogP contribution in [0.1, 0.15) is 148 Å². The Morgan fingerprint density at radius 3 is 1.16 bits per heavy atom. The van der Waals surface area contributed by atoms with Crippen LogP contribution in [0, 0.1) is 69.2 Å². The Labute approximate surface area is 772 Å². The molecule has 27 nitrogen and oxygen atoms in total. The van der Waals surface area contributed by atoms with E-state index < -0.39 is 0 Å². The van der Waals surface area contributed by atoms with Crippen molar-refractivity contribution in [1.29, 1.82) is 0 Å². The highest BCUT2D eigenvalue weighted by Gasteiger charge is 2.36. The predicted octanol–water partition coefficient (Wildman–Crippen LogP) is 17.5. The number of ether oxygens (including phenoxy) is 2. The molecule has 5 N–H and O–H groups in total. The molecule has 0 spiro atoms. The van der Waals surface area contributed by atoms with Gasteiger partial charge in [-0.3, -0.25) is 24.0 Å². The third-order valence-corrected chi connectivity index (χ3v) is 26.0. The number of nitrogens with two attached hydrogens (primary N) is 1. The van der Waals surface area contributed by atoms with Gasteiger partial charge in [0.1, 0.15) is 13.2 Å². The minimum atomic E-state index is -0.184. The van der Waals surface area contributed by atoms with Crippen LogP contribution in [0.5, 0.6) is 11.8 Å². The quantitative estimate of drug-likeness (QED) is 0.0547. The van der Waals surface area contributed by atoms with Crippen molar-refractivity contribution in [3.63, 3.8) is 0 Å². The van der Waals surface area contributed by atoms with Gasteiger partial charge in [-0.2, -0.15) is 0 Å². The van der Waals surface area contributed by atoms with Crippen LogP contribution in [0.3, 0.4) is 0 Å². The monoisotopic (exact) mass is 1970 g/mol. The van der Waals surface area contributed by atoms with E-state index in [2.05, 4.69) is 115 Å². The smallest absolute Gasteiger partial charge is 0.256 e. The lowest BCUT2D eigenvalue weighted by atomic mass is 9.94. The van der Waals surface area contributed by atoms with Crippen molar-refractivity contribution < 1.29 is 28.7 Å². The lowest BCUT2D eigenvalue weighted by molar-refractivity contribution is 0.0718. The second-order valence-corrected chi connectivity index (χ2v) is 35.2. The summed E-state index contributed by atoms with van der Waals surface area (Å²) in [5.74, 6) is 1.00. The molecule has 0 bridgehead atoms. The second-order valence-electron chi connectivity index (χ2n) is 30.8. The number of H-pyrrole nitrogens is 1. The molecule has 4 aliphatic rings. The van der Waals surface area contributed by atoms with Crippen LogP contribution in [0.4, 0.5) is 5.69 Å². The number of benzene rings is 6. The number of anilines is 1.